The average molecular weight is 708 g/mol. The molecule has 5 heterocycles. The SMILES string of the molecule is c1ccc2c(c1)B1c3ccc4c(sc5ccccc54)c3N(c3cccc4c3sc3ccccc34)c3cc(-c4cccc5c4oc4ccccc45)cc-2c31. The summed E-state index contributed by atoms with van der Waals surface area (Å²) in [7, 11) is 0. The summed E-state index contributed by atoms with van der Waals surface area (Å²) in [4.78, 5) is 2.63. The van der Waals surface area contributed by atoms with Gasteiger partial charge >= 0.3 is 0 Å². The highest BCUT2D eigenvalue weighted by Crippen LogP contribution is 2.51. The van der Waals surface area contributed by atoms with Gasteiger partial charge in [0.25, 0.3) is 0 Å². The van der Waals surface area contributed by atoms with E-state index in [2.05, 4.69) is 163 Å². The number of rotatable bonds is 2. The highest BCUT2D eigenvalue weighted by atomic mass is 32.1. The van der Waals surface area contributed by atoms with E-state index in [1.165, 1.54) is 90.5 Å². The second-order valence-corrected chi connectivity index (χ2v) is 16.4. The van der Waals surface area contributed by atoms with Gasteiger partial charge in [-0.2, -0.15) is 0 Å². The van der Waals surface area contributed by atoms with Gasteiger partial charge in [-0.25, -0.2) is 0 Å². The van der Waals surface area contributed by atoms with Crippen molar-refractivity contribution in [2.24, 2.45) is 0 Å². The van der Waals surface area contributed by atoms with Crippen LogP contribution in [0, 0.1) is 0 Å². The number of furan rings is 1. The second-order valence-electron chi connectivity index (χ2n) is 14.3. The van der Waals surface area contributed by atoms with Crippen LogP contribution in [0.3, 0.4) is 0 Å². The van der Waals surface area contributed by atoms with E-state index in [0.29, 0.717) is 0 Å². The third-order valence-corrected chi connectivity index (χ3v) is 14.1. The highest BCUT2D eigenvalue weighted by Gasteiger charge is 2.44. The molecule has 0 fully saturated rings. The van der Waals surface area contributed by atoms with Crippen molar-refractivity contribution in [3.05, 3.63) is 158 Å². The van der Waals surface area contributed by atoms with Gasteiger partial charge in [-0.05, 0) is 64.0 Å². The summed E-state index contributed by atoms with van der Waals surface area (Å²) >= 11 is 3.82. The van der Waals surface area contributed by atoms with Crippen LogP contribution in [0.4, 0.5) is 17.1 Å². The molecule has 53 heavy (non-hydrogen) atoms. The summed E-state index contributed by atoms with van der Waals surface area (Å²) in [6.07, 6.45) is 0. The molecule has 0 saturated carbocycles. The molecule has 0 unspecified atom stereocenters. The number of anilines is 3. The number of benzene rings is 8. The summed E-state index contributed by atoms with van der Waals surface area (Å²) in [5.41, 5.74) is 14.7. The van der Waals surface area contributed by atoms with Crippen molar-refractivity contribution in [1.82, 2.24) is 0 Å². The van der Waals surface area contributed by atoms with Crippen molar-refractivity contribution in [3.8, 4) is 22.3 Å². The van der Waals surface area contributed by atoms with Crippen molar-refractivity contribution in [1.29, 1.82) is 0 Å². The number of thiophene rings is 2. The first-order valence-electron chi connectivity index (χ1n) is 18.1. The monoisotopic (exact) mass is 707 g/mol. The van der Waals surface area contributed by atoms with Gasteiger partial charge in [0.15, 0.2) is 0 Å². The first-order valence-corrected chi connectivity index (χ1v) is 19.8. The molecule has 11 aromatic rings. The Bertz CT molecular complexity index is 3390. The molecular formula is C48H26BNOS2. The van der Waals surface area contributed by atoms with Crippen molar-refractivity contribution in [3.63, 3.8) is 0 Å². The molecule has 0 N–H and O–H groups in total. The van der Waals surface area contributed by atoms with Crippen molar-refractivity contribution in [2.45, 2.75) is 0 Å². The van der Waals surface area contributed by atoms with Gasteiger partial charge in [0.1, 0.15) is 11.2 Å². The molecule has 0 atom stereocenters. The Labute approximate surface area is 312 Å². The highest BCUT2D eigenvalue weighted by molar-refractivity contribution is 7.27. The lowest BCUT2D eigenvalue weighted by Crippen LogP contribution is -2.54. The smallest absolute Gasteiger partial charge is 0.248 e. The molecule has 5 heteroatoms. The van der Waals surface area contributed by atoms with Gasteiger partial charge < -0.3 is 9.32 Å². The van der Waals surface area contributed by atoms with E-state index < -0.39 is 0 Å². The number of nitrogens with zero attached hydrogens (tertiary/aromatic N) is 1. The molecule has 0 bridgehead atoms. The van der Waals surface area contributed by atoms with Gasteiger partial charge in [-0.1, -0.05) is 127 Å². The molecule has 0 saturated heterocycles. The lowest BCUT2D eigenvalue weighted by Gasteiger charge is -2.37. The van der Waals surface area contributed by atoms with Crippen LogP contribution in [0.5, 0.6) is 0 Å². The van der Waals surface area contributed by atoms with Crippen LogP contribution in [0.15, 0.2) is 162 Å². The molecule has 2 nitrogen and oxygen atoms in total. The number of hydrogen-bond donors (Lipinski definition) is 0. The summed E-state index contributed by atoms with van der Waals surface area (Å²) in [5, 5.41) is 7.55. The Morgan fingerprint density at radius 1 is 0.453 bits per heavy atom. The predicted octanol–water partition coefficient (Wildman–Crippen LogP) is 12.3. The average Bonchev–Trinajstić information content (AvgIpc) is 3.97. The zero-order valence-electron chi connectivity index (χ0n) is 28.3. The molecule has 8 aromatic carbocycles. The fourth-order valence-electron chi connectivity index (χ4n) is 9.48. The Morgan fingerprint density at radius 2 is 1.11 bits per heavy atom. The van der Waals surface area contributed by atoms with E-state index in [1.807, 2.05) is 22.7 Å². The third-order valence-electron chi connectivity index (χ3n) is 11.7. The normalized spacial score (nSPS) is 13.2. The van der Waals surface area contributed by atoms with E-state index in [-0.39, 0.29) is 6.71 Å². The Morgan fingerprint density at radius 3 is 1.98 bits per heavy atom. The predicted molar refractivity (Wildman–Crippen MR) is 230 cm³/mol. The molecule has 244 valence electrons. The van der Waals surface area contributed by atoms with Crippen molar-refractivity contribution in [2.75, 3.05) is 4.90 Å². The maximum Gasteiger partial charge on any atom is 0.248 e. The minimum atomic E-state index is 0.134. The van der Waals surface area contributed by atoms with E-state index in [4.69, 9.17) is 4.42 Å². The zero-order chi connectivity index (χ0) is 34.4. The number of hydrogen-bond acceptors (Lipinski definition) is 4. The molecule has 3 aromatic heterocycles. The lowest BCUT2D eigenvalue weighted by atomic mass is 9.37. The Balaban J connectivity index is 1.20. The topological polar surface area (TPSA) is 16.4 Å². The molecule has 13 rings (SSSR count). The fraction of sp³-hybridized carbons (Fsp3) is 0. The molecule has 0 spiro atoms. The maximum atomic E-state index is 6.68. The van der Waals surface area contributed by atoms with Gasteiger partial charge in [0, 0.05) is 53.0 Å². The molecule has 0 amide bonds. The second kappa shape index (κ2) is 10.3. The van der Waals surface area contributed by atoms with Crippen LogP contribution in [-0.4, -0.2) is 6.71 Å². The fourth-order valence-corrected chi connectivity index (χ4v) is 11.9. The van der Waals surface area contributed by atoms with Gasteiger partial charge in [0.2, 0.25) is 6.71 Å². The molecule has 0 radical (unpaired) electrons. The van der Waals surface area contributed by atoms with Gasteiger partial charge in [-0.3, -0.25) is 0 Å². The minimum absolute atomic E-state index is 0.134. The molecular weight excluding hydrogens is 681 g/mol. The van der Waals surface area contributed by atoms with Crippen molar-refractivity contribution >= 4 is 125 Å². The summed E-state index contributed by atoms with van der Waals surface area (Å²) in [5.74, 6) is 0. The van der Waals surface area contributed by atoms with Crippen molar-refractivity contribution < 1.29 is 4.42 Å². The summed E-state index contributed by atoms with van der Waals surface area (Å²) in [6.45, 7) is 0.134. The maximum absolute atomic E-state index is 6.68. The Hall–Kier alpha value is -6.14. The number of para-hydroxylation sites is 2. The number of fused-ring (bicyclic) bond motifs is 15. The standard InChI is InChI=1S/C48H26BNOS2/c1-5-18-37-29(11-1)36-25-27(28-15-9-16-33-30-12-2-6-20-41(30)51-46(28)33)26-40-44(36)49(37)38-24-23-35-32-14-4-8-22-43(32)53-48(35)45(38)50(40)39-19-10-17-34-31-13-3-7-21-42(31)52-47(34)39/h1-26H. The first-order chi connectivity index (χ1) is 26.3. The minimum Gasteiger partial charge on any atom is -0.455 e. The molecule has 2 aliphatic heterocycles. The van der Waals surface area contributed by atoms with Crippen LogP contribution in [-0.2, 0) is 0 Å². The van der Waals surface area contributed by atoms with Crippen LogP contribution >= 0.6 is 22.7 Å². The zero-order valence-corrected chi connectivity index (χ0v) is 29.9. The van der Waals surface area contributed by atoms with Crippen LogP contribution in [0.2, 0.25) is 0 Å². The quantitative estimate of drug-likeness (QED) is 0.166. The Kier molecular flexibility index (Phi) is 5.51. The summed E-state index contributed by atoms with van der Waals surface area (Å²) in [6, 6.07) is 58.4. The third kappa shape index (κ3) is 3.68. The molecule has 2 aliphatic rings. The van der Waals surface area contributed by atoms with E-state index in [1.54, 1.807) is 0 Å². The van der Waals surface area contributed by atoms with Crippen LogP contribution in [0.25, 0.3) is 84.5 Å². The van der Waals surface area contributed by atoms with Gasteiger partial charge in [0.05, 0.1) is 20.8 Å². The van der Waals surface area contributed by atoms with Crippen LogP contribution < -0.4 is 21.3 Å². The van der Waals surface area contributed by atoms with E-state index in [9.17, 15) is 0 Å². The largest absolute Gasteiger partial charge is 0.455 e. The van der Waals surface area contributed by atoms with Gasteiger partial charge in [-0.15, -0.1) is 22.7 Å². The van der Waals surface area contributed by atoms with E-state index >= 15 is 0 Å². The lowest BCUT2D eigenvalue weighted by molar-refractivity contribution is 0.670. The molecule has 0 aliphatic carbocycles. The van der Waals surface area contributed by atoms with E-state index in [0.717, 1.165) is 27.5 Å². The first kappa shape index (κ1) is 28.5. The van der Waals surface area contributed by atoms with Crippen LogP contribution in [0.1, 0.15) is 0 Å². The summed E-state index contributed by atoms with van der Waals surface area (Å²) < 4.78 is 12.0.